The number of carbonyl (C=O) groups excluding carboxylic acids is 3. The first-order valence-electron chi connectivity index (χ1n) is 10.5. The van der Waals surface area contributed by atoms with E-state index in [0.29, 0.717) is 16.6 Å². The first-order chi connectivity index (χ1) is 14.8. The highest BCUT2D eigenvalue weighted by molar-refractivity contribution is 9.10. The number of fused-ring (bicyclic) bond motifs is 5. The topological polar surface area (TPSA) is 66.5 Å². The average molecular weight is 502 g/mol. The number of nitrogens with zero attached hydrogens (tertiary/aromatic N) is 1. The third kappa shape index (κ3) is 3.40. The first kappa shape index (κ1) is 20.7. The van der Waals surface area contributed by atoms with E-state index in [4.69, 9.17) is 11.6 Å². The van der Waals surface area contributed by atoms with Crippen molar-refractivity contribution in [3.8, 4) is 0 Å². The third-order valence-electron chi connectivity index (χ3n) is 7.18. The Bertz CT molecular complexity index is 1090. The molecular weight excluding hydrogens is 480 g/mol. The fourth-order valence-electron chi connectivity index (χ4n) is 5.87. The summed E-state index contributed by atoms with van der Waals surface area (Å²) in [5.41, 5.74) is 2.65. The number of carbonyl (C=O) groups is 3. The number of rotatable bonds is 4. The molecule has 7 heteroatoms. The zero-order valence-corrected chi connectivity index (χ0v) is 19.3. The van der Waals surface area contributed by atoms with Crippen LogP contribution in [0.3, 0.4) is 0 Å². The Hall–Kier alpha value is -2.18. The molecule has 160 valence electrons. The van der Waals surface area contributed by atoms with Gasteiger partial charge in [0.1, 0.15) is 6.54 Å². The molecule has 0 unspecified atom stereocenters. The van der Waals surface area contributed by atoms with Crippen molar-refractivity contribution >= 4 is 50.9 Å². The minimum atomic E-state index is -0.393. The zero-order chi connectivity index (χ0) is 21.9. The van der Waals surface area contributed by atoms with Gasteiger partial charge in [-0.2, -0.15) is 0 Å². The van der Waals surface area contributed by atoms with Crippen molar-refractivity contribution in [1.82, 2.24) is 4.90 Å². The molecule has 1 heterocycles. The maximum Gasteiger partial charge on any atom is 0.244 e. The van der Waals surface area contributed by atoms with Gasteiger partial charge >= 0.3 is 0 Å². The molecule has 1 aliphatic heterocycles. The minimum absolute atomic E-state index is 0.175. The van der Waals surface area contributed by atoms with E-state index in [1.54, 1.807) is 6.07 Å². The maximum atomic E-state index is 13.2. The van der Waals surface area contributed by atoms with Crippen LogP contribution in [0.4, 0.5) is 5.69 Å². The molecule has 5 rings (SSSR count). The molecule has 2 saturated carbocycles. The van der Waals surface area contributed by atoms with Crippen molar-refractivity contribution < 1.29 is 14.4 Å². The van der Waals surface area contributed by atoms with Gasteiger partial charge in [0.05, 0.1) is 16.9 Å². The van der Waals surface area contributed by atoms with Crippen LogP contribution in [-0.2, 0) is 14.4 Å². The van der Waals surface area contributed by atoms with Gasteiger partial charge in [0.25, 0.3) is 0 Å². The van der Waals surface area contributed by atoms with Crippen LogP contribution in [0.15, 0.2) is 46.9 Å². The van der Waals surface area contributed by atoms with Gasteiger partial charge in [0.2, 0.25) is 17.7 Å². The molecule has 1 N–H and O–H groups in total. The van der Waals surface area contributed by atoms with Gasteiger partial charge < -0.3 is 5.32 Å². The number of imide groups is 1. The molecular formula is C24H22BrClN2O3. The van der Waals surface area contributed by atoms with E-state index in [9.17, 15) is 14.4 Å². The van der Waals surface area contributed by atoms with Crippen LogP contribution in [0, 0.1) is 30.6 Å². The van der Waals surface area contributed by atoms with E-state index in [1.165, 1.54) is 10.5 Å². The number of hydrogen-bond donors (Lipinski definition) is 1. The monoisotopic (exact) mass is 500 g/mol. The van der Waals surface area contributed by atoms with Crippen molar-refractivity contribution in [2.75, 3.05) is 11.9 Å². The van der Waals surface area contributed by atoms with Gasteiger partial charge in [0.15, 0.2) is 0 Å². The number of amides is 3. The molecule has 2 bridgehead atoms. The van der Waals surface area contributed by atoms with Gasteiger partial charge in [-0.1, -0.05) is 41.9 Å². The van der Waals surface area contributed by atoms with E-state index in [2.05, 4.69) is 33.4 Å². The smallest absolute Gasteiger partial charge is 0.244 e. The molecule has 3 fully saturated rings. The predicted molar refractivity (Wildman–Crippen MR) is 122 cm³/mol. The summed E-state index contributed by atoms with van der Waals surface area (Å²) in [5.74, 6) is -0.631. The van der Waals surface area contributed by atoms with E-state index < -0.39 is 5.91 Å². The fraction of sp³-hybridized carbons (Fsp3) is 0.375. The van der Waals surface area contributed by atoms with Crippen molar-refractivity contribution in [2.24, 2.45) is 23.7 Å². The van der Waals surface area contributed by atoms with Crippen molar-refractivity contribution in [2.45, 2.75) is 25.7 Å². The second-order valence-corrected chi connectivity index (χ2v) is 10.1. The molecule has 0 radical (unpaired) electrons. The summed E-state index contributed by atoms with van der Waals surface area (Å²) < 4.78 is 0.742. The third-order valence-corrected chi connectivity index (χ3v) is 8.37. The second kappa shape index (κ2) is 7.75. The van der Waals surface area contributed by atoms with Crippen LogP contribution in [-0.4, -0.2) is 29.2 Å². The number of anilines is 1. The van der Waals surface area contributed by atoms with E-state index in [0.717, 1.165) is 22.9 Å². The molecule has 5 nitrogen and oxygen atoms in total. The Balaban J connectivity index is 1.32. The summed E-state index contributed by atoms with van der Waals surface area (Å²) >= 11 is 9.49. The quantitative estimate of drug-likeness (QED) is 0.614. The molecule has 3 aliphatic rings. The molecule has 31 heavy (non-hydrogen) atoms. The summed E-state index contributed by atoms with van der Waals surface area (Å²) in [6.07, 6.45) is 1.86. The lowest BCUT2D eigenvalue weighted by molar-refractivity contribution is -0.143. The Morgan fingerprint density at radius 2 is 1.84 bits per heavy atom. The van der Waals surface area contributed by atoms with Crippen LogP contribution in [0.2, 0.25) is 5.02 Å². The largest absolute Gasteiger partial charge is 0.324 e. The highest BCUT2D eigenvalue weighted by Crippen LogP contribution is 2.61. The first-order valence-corrected chi connectivity index (χ1v) is 11.7. The van der Waals surface area contributed by atoms with Crippen LogP contribution < -0.4 is 5.32 Å². The van der Waals surface area contributed by atoms with Crippen molar-refractivity contribution in [3.63, 3.8) is 0 Å². The van der Waals surface area contributed by atoms with Gasteiger partial charge in [-0.15, -0.1) is 0 Å². The fourth-order valence-corrected chi connectivity index (χ4v) is 6.50. The highest BCUT2D eigenvalue weighted by Gasteiger charge is 2.63. The summed E-state index contributed by atoms with van der Waals surface area (Å²) in [6.45, 7) is 1.60. The molecule has 5 atom stereocenters. The number of benzene rings is 2. The molecule has 0 spiro atoms. The van der Waals surface area contributed by atoms with Gasteiger partial charge in [-0.05, 0) is 76.7 Å². The summed E-state index contributed by atoms with van der Waals surface area (Å²) in [5, 5.41) is 3.27. The average Bonchev–Trinajstić information content (AvgIpc) is 3.40. The number of nitrogens with one attached hydrogen (secondary N) is 1. The Morgan fingerprint density at radius 1 is 1.13 bits per heavy atom. The van der Waals surface area contributed by atoms with Crippen molar-refractivity contribution in [1.29, 1.82) is 0 Å². The van der Waals surface area contributed by atoms with Crippen molar-refractivity contribution in [3.05, 3.63) is 63.1 Å². The molecule has 0 aromatic heterocycles. The Kier molecular flexibility index (Phi) is 5.18. The maximum absolute atomic E-state index is 13.2. The molecule has 3 amide bonds. The standard InChI is InChI=1S/C24H22BrClN2O3/c1-12-7-17(25)18(26)10-19(12)27-20(29)11-28-23(30)21-14-8-15(13-5-3-2-4-6-13)16(9-14)22(21)24(28)31/h2-7,10,14-16,21-22H,8-9,11H2,1H3,(H,27,29)/t14-,15-,16-,21+,22+/m1/s1. The SMILES string of the molecule is Cc1cc(Br)c(Cl)cc1NC(=O)CN1C(=O)[C@H]2[C@H]3C[C@@H]([C@@H]2C1=O)[C@@H](c1ccccc1)C3. The summed E-state index contributed by atoms with van der Waals surface area (Å²) in [4.78, 5) is 40.2. The summed E-state index contributed by atoms with van der Waals surface area (Å²) in [6, 6.07) is 13.7. The number of likely N-dealkylation sites (tertiary alicyclic amines) is 1. The van der Waals surface area contributed by atoms with E-state index in [-0.39, 0.29) is 42.0 Å². The zero-order valence-electron chi connectivity index (χ0n) is 17.0. The Labute approximate surface area is 194 Å². The minimum Gasteiger partial charge on any atom is -0.324 e. The highest BCUT2D eigenvalue weighted by atomic mass is 79.9. The number of halogens is 2. The molecule has 2 aromatic carbocycles. The second-order valence-electron chi connectivity index (χ2n) is 8.86. The normalized spacial score (nSPS) is 28.9. The molecule has 2 aliphatic carbocycles. The van der Waals surface area contributed by atoms with Crippen LogP contribution in [0.1, 0.15) is 29.9 Å². The lowest BCUT2D eigenvalue weighted by Crippen LogP contribution is -2.39. The Morgan fingerprint density at radius 3 is 2.58 bits per heavy atom. The van der Waals surface area contributed by atoms with Gasteiger partial charge in [-0.25, -0.2) is 0 Å². The van der Waals surface area contributed by atoms with Gasteiger partial charge in [-0.3, -0.25) is 19.3 Å². The van der Waals surface area contributed by atoms with Crippen LogP contribution >= 0.6 is 27.5 Å². The van der Waals surface area contributed by atoms with Gasteiger partial charge in [0, 0.05) is 10.2 Å². The number of hydrogen-bond acceptors (Lipinski definition) is 3. The van der Waals surface area contributed by atoms with Crippen LogP contribution in [0.25, 0.3) is 0 Å². The molecule has 2 aromatic rings. The number of aryl methyl sites for hydroxylation is 1. The lowest BCUT2D eigenvalue weighted by atomic mass is 9.73. The predicted octanol–water partition coefficient (Wildman–Crippen LogP) is 4.77. The summed E-state index contributed by atoms with van der Waals surface area (Å²) in [7, 11) is 0. The molecule has 1 saturated heterocycles. The van der Waals surface area contributed by atoms with E-state index >= 15 is 0 Å². The lowest BCUT2D eigenvalue weighted by Gasteiger charge is -2.28. The van der Waals surface area contributed by atoms with E-state index in [1.807, 2.05) is 31.2 Å². The van der Waals surface area contributed by atoms with Crippen LogP contribution in [0.5, 0.6) is 0 Å².